The van der Waals surface area contributed by atoms with E-state index in [0.717, 1.165) is 25.4 Å². The summed E-state index contributed by atoms with van der Waals surface area (Å²) in [5, 5.41) is 7.66. The summed E-state index contributed by atoms with van der Waals surface area (Å²) in [6.45, 7) is 4.65. The molecule has 1 aromatic carbocycles. The second kappa shape index (κ2) is 6.21. The molecule has 0 fully saturated rings. The highest BCUT2D eigenvalue weighted by atomic mass is 16.5. The molecule has 0 radical (unpaired) electrons. The van der Waals surface area contributed by atoms with Crippen LogP contribution < -0.4 is 10.1 Å². The maximum atomic E-state index is 5.20. The highest BCUT2D eigenvalue weighted by Gasteiger charge is 2.00. The normalized spacial score (nSPS) is 10.6. The van der Waals surface area contributed by atoms with E-state index in [2.05, 4.69) is 23.4 Å². The Labute approximate surface area is 108 Å². The number of nitrogens with one attached hydrogen (secondary N) is 1. The van der Waals surface area contributed by atoms with Crippen LogP contribution in [-0.4, -0.2) is 16.9 Å². The van der Waals surface area contributed by atoms with Crippen molar-refractivity contribution in [3.63, 3.8) is 0 Å². The molecule has 2 rings (SSSR count). The summed E-state index contributed by atoms with van der Waals surface area (Å²) >= 11 is 0. The third kappa shape index (κ3) is 3.11. The average Bonchev–Trinajstić information content (AvgIpc) is 2.86. The van der Waals surface area contributed by atoms with Gasteiger partial charge in [-0.25, -0.2) is 0 Å². The molecule has 0 atom stereocenters. The minimum atomic E-state index is 0.824. The molecule has 0 spiro atoms. The third-order valence-electron chi connectivity index (χ3n) is 2.87. The van der Waals surface area contributed by atoms with E-state index in [1.165, 1.54) is 11.3 Å². The van der Waals surface area contributed by atoms with Gasteiger partial charge in [-0.2, -0.15) is 5.10 Å². The molecule has 96 valence electrons. The number of nitrogens with zero attached hydrogens (tertiary/aromatic N) is 2. The first-order valence-corrected chi connectivity index (χ1v) is 6.18. The molecular weight excluding hydrogens is 226 g/mol. The quantitative estimate of drug-likeness (QED) is 0.848. The lowest BCUT2D eigenvalue weighted by Gasteiger charge is -2.08. The summed E-state index contributed by atoms with van der Waals surface area (Å²) in [6, 6.07) is 10.1. The zero-order valence-electron chi connectivity index (χ0n) is 10.9. The van der Waals surface area contributed by atoms with Crippen LogP contribution in [0.5, 0.6) is 5.75 Å². The molecule has 1 N–H and O–H groups in total. The van der Waals surface area contributed by atoms with Gasteiger partial charge in [0.25, 0.3) is 0 Å². The monoisotopic (exact) mass is 245 g/mol. The molecule has 0 aliphatic carbocycles. The van der Waals surface area contributed by atoms with Gasteiger partial charge >= 0.3 is 0 Å². The summed E-state index contributed by atoms with van der Waals surface area (Å²) < 4.78 is 7.20. The standard InChI is InChI=1S/C14H19N3O/c1-3-17-13(7-8-16-17)11-15-10-12-5-4-6-14(9-12)18-2/h4-9,15H,3,10-11H2,1-2H3. The predicted molar refractivity (Wildman–Crippen MR) is 71.4 cm³/mol. The van der Waals surface area contributed by atoms with E-state index in [4.69, 9.17) is 4.74 Å². The topological polar surface area (TPSA) is 39.1 Å². The van der Waals surface area contributed by atoms with Gasteiger partial charge in [-0.15, -0.1) is 0 Å². The van der Waals surface area contributed by atoms with Gasteiger partial charge in [0, 0.05) is 25.8 Å². The molecule has 0 aliphatic heterocycles. The Morgan fingerprint density at radius 3 is 2.94 bits per heavy atom. The van der Waals surface area contributed by atoms with Gasteiger partial charge in [-0.05, 0) is 30.7 Å². The highest BCUT2D eigenvalue weighted by Crippen LogP contribution is 2.12. The lowest BCUT2D eigenvalue weighted by atomic mass is 10.2. The smallest absolute Gasteiger partial charge is 0.119 e. The Morgan fingerprint density at radius 2 is 2.17 bits per heavy atom. The van der Waals surface area contributed by atoms with Crippen LogP contribution in [-0.2, 0) is 19.6 Å². The largest absolute Gasteiger partial charge is 0.497 e. The van der Waals surface area contributed by atoms with Crippen LogP contribution >= 0.6 is 0 Å². The van der Waals surface area contributed by atoms with Gasteiger partial charge in [0.15, 0.2) is 0 Å². The lowest BCUT2D eigenvalue weighted by Crippen LogP contribution is -2.16. The van der Waals surface area contributed by atoms with Gasteiger partial charge in [-0.3, -0.25) is 4.68 Å². The molecule has 0 unspecified atom stereocenters. The van der Waals surface area contributed by atoms with Crippen molar-refractivity contribution < 1.29 is 4.74 Å². The summed E-state index contributed by atoms with van der Waals surface area (Å²) in [5.41, 5.74) is 2.43. The number of methoxy groups -OCH3 is 1. The Morgan fingerprint density at radius 1 is 1.28 bits per heavy atom. The predicted octanol–water partition coefficient (Wildman–Crippen LogP) is 2.20. The summed E-state index contributed by atoms with van der Waals surface area (Å²) in [7, 11) is 1.69. The molecule has 1 heterocycles. The van der Waals surface area contributed by atoms with Gasteiger partial charge in [0.1, 0.15) is 5.75 Å². The fourth-order valence-corrected chi connectivity index (χ4v) is 1.91. The van der Waals surface area contributed by atoms with Crippen molar-refractivity contribution in [3.05, 3.63) is 47.8 Å². The number of hydrogen-bond donors (Lipinski definition) is 1. The minimum Gasteiger partial charge on any atom is -0.497 e. The first-order chi connectivity index (χ1) is 8.83. The molecular formula is C14H19N3O. The van der Waals surface area contributed by atoms with Gasteiger partial charge in [0.2, 0.25) is 0 Å². The van der Waals surface area contributed by atoms with Crippen molar-refractivity contribution in [1.82, 2.24) is 15.1 Å². The zero-order valence-corrected chi connectivity index (χ0v) is 10.9. The Balaban J connectivity index is 1.88. The van der Waals surface area contributed by atoms with Gasteiger partial charge in [0.05, 0.1) is 12.8 Å². The Bertz CT molecular complexity index is 493. The van der Waals surface area contributed by atoms with Crippen molar-refractivity contribution in [2.75, 3.05) is 7.11 Å². The van der Waals surface area contributed by atoms with Crippen molar-refractivity contribution >= 4 is 0 Å². The van der Waals surface area contributed by atoms with E-state index in [0.29, 0.717) is 0 Å². The van der Waals surface area contributed by atoms with Crippen molar-refractivity contribution in [1.29, 1.82) is 0 Å². The van der Waals surface area contributed by atoms with E-state index in [-0.39, 0.29) is 0 Å². The van der Waals surface area contributed by atoms with Crippen LogP contribution in [0.25, 0.3) is 0 Å². The second-order valence-electron chi connectivity index (χ2n) is 4.09. The summed E-state index contributed by atoms with van der Waals surface area (Å²) in [6.07, 6.45) is 1.84. The Kier molecular flexibility index (Phi) is 4.36. The van der Waals surface area contributed by atoms with Crippen LogP contribution in [0, 0.1) is 0 Å². The van der Waals surface area contributed by atoms with Crippen LogP contribution in [0.3, 0.4) is 0 Å². The van der Waals surface area contributed by atoms with Crippen molar-refractivity contribution in [2.24, 2.45) is 0 Å². The van der Waals surface area contributed by atoms with Crippen molar-refractivity contribution in [2.45, 2.75) is 26.6 Å². The molecule has 0 saturated heterocycles. The third-order valence-corrected chi connectivity index (χ3v) is 2.87. The van der Waals surface area contributed by atoms with E-state index in [1.54, 1.807) is 7.11 Å². The molecule has 0 bridgehead atoms. The molecule has 1 aromatic heterocycles. The van der Waals surface area contributed by atoms with E-state index >= 15 is 0 Å². The SMILES string of the molecule is CCn1nccc1CNCc1cccc(OC)c1. The zero-order chi connectivity index (χ0) is 12.8. The molecule has 0 aliphatic rings. The number of rotatable bonds is 6. The fraction of sp³-hybridized carbons (Fsp3) is 0.357. The van der Waals surface area contributed by atoms with Crippen molar-refractivity contribution in [3.8, 4) is 5.75 Å². The molecule has 0 amide bonds. The lowest BCUT2D eigenvalue weighted by molar-refractivity contribution is 0.414. The van der Waals surface area contributed by atoms with Crippen LogP contribution in [0.2, 0.25) is 0 Å². The molecule has 0 saturated carbocycles. The summed E-state index contributed by atoms with van der Waals surface area (Å²) in [5.74, 6) is 0.896. The van der Waals surface area contributed by atoms with E-state index in [1.807, 2.05) is 35.1 Å². The first-order valence-electron chi connectivity index (χ1n) is 6.18. The van der Waals surface area contributed by atoms with Crippen LogP contribution in [0.4, 0.5) is 0 Å². The number of aromatic nitrogens is 2. The summed E-state index contributed by atoms with van der Waals surface area (Å²) in [4.78, 5) is 0. The van der Waals surface area contributed by atoms with Gasteiger partial charge in [-0.1, -0.05) is 12.1 Å². The first kappa shape index (κ1) is 12.6. The fourth-order valence-electron chi connectivity index (χ4n) is 1.91. The minimum absolute atomic E-state index is 0.824. The molecule has 4 heteroatoms. The highest BCUT2D eigenvalue weighted by molar-refractivity contribution is 5.28. The molecule has 18 heavy (non-hydrogen) atoms. The number of ether oxygens (including phenoxy) is 1. The number of benzene rings is 1. The van der Waals surface area contributed by atoms with E-state index in [9.17, 15) is 0 Å². The molecule has 4 nitrogen and oxygen atoms in total. The number of aryl methyl sites for hydroxylation is 1. The maximum Gasteiger partial charge on any atom is 0.119 e. The van der Waals surface area contributed by atoms with Crippen LogP contribution in [0.1, 0.15) is 18.2 Å². The van der Waals surface area contributed by atoms with Crippen LogP contribution in [0.15, 0.2) is 36.5 Å². The van der Waals surface area contributed by atoms with Gasteiger partial charge < -0.3 is 10.1 Å². The number of hydrogen-bond acceptors (Lipinski definition) is 3. The second-order valence-corrected chi connectivity index (χ2v) is 4.09. The van der Waals surface area contributed by atoms with E-state index < -0.39 is 0 Å². The Hall–Kier alpha value is -1.81. The maximum absolute atomic E-state index is 5.20. The average molecular weight is 245 g/mol. The molecule has 2 aromatic rings.